The summed E-state index contributed by atoms with van der Waals surface area (Å²) in [4.78, 5) is 22.8. The number of nitro groups is 1. The van der Waals surface area contributed by atoms with E-state index >= 15 is 0 Å². The molecule has 0 saturated heterocycles. The minimum Gasteiger partial charge on any atom is -0.493 e. The van der Waals surface area contributed by atoms with E-state index in [2.05, 4.69) is 5.32 Å². The summed E-state index contributed by atoms with van der Waals surface area (Å²) >= 11 is 0. The smallest absolute Gasteiger partial charge is 0.287 e. The number of hydrogen-bond acceptors (Lipinski definition) is 7. The third-order valence-electron chi connectivity index (χ3n) is 4.78. The summed E-state index contributed by atoms with van der Waals surface area (Å²) in [7, 11) is 3.15. The molecule has 3 aromatic rings. The third-order valence-corrected chi connectivity index (χ3v) is 4.78. The Hall–Kier alpha value is -4.01. The van der Waals surface area contributed by atoms with Crippen LogP contribution in [0.2, 0.25) is 0 Å². The zero-order chi connectivity index (χ0) is 23.1. The lowest BCUT2D eigenvalue weighted by Crippen LogP contribution is -2.25. The van der Waals surface area contributed by atoms with Crippen molar-refractivity contribution in [2.24, 2.45) is 0 Å². The van der Waals surface area contributed by atoms with Gasteiger partial charge in [0.15, 0.2) is 17.3 Å². The van der Waals surface area contributed by atoms with Gasteiger partial charge in [0.05, 0.1) is 19.1 Å². The number of nitrogens with zero attached hydrogens (tertiary/aromatic N) is 1. The SMILES string of the molecule is COc1ccc(CCNC(=O)c2ccc(COc3ccc([N+](=O)[O-])c(C)c3)o2)cc1OC. The van der Waals surface area contributed by atoms with Crippen molar-refractivity contribution in [3.8, 4) is 17.2 Å². The fraction of sp³-hybridized carbons (Fsp3) is 0.261. The van der Waals surface area contributed by atoms with Crippen LogP contribution in [-0.2, 0) is 13.0 Å². The molecule has 1 amide bonds. The Morgan fingerprint density at radius 2 is 1.84 bits per heavy atom. The minimum atomic E-state index is -0.443. The Morgan fingerprint density at radius 1 is 1.06 bits per heavy atom. The van der Waals surface area contributed by atoms with Crippen LogP contribution >= 0.6 is 0 Å². The zero-order valence-electron chi connectivity index (χ0n) is 18.0. The van der Waals surface area contributed by atoms with Gasteiger partial charge in [-0.2, -0.15) is 0 Å². The van der Waals surface area contributed by atoms with E-state index in [0.29, 0.717) is 41.5 Å². The van der Waals surface area contributed by atoms with Crippen molar-refractivity contribution < 1.29 is 28.3 Å². The van der Waals surface area contributed by atoms with Crippen LogP contribution < -0.4 is 19.5 Å². The van der Waals surface area contributed by atoms with Crippen LogP contribution in [0.4, 0.5) is 5.69 Å². The molecule has 0 unspecified atom stereocenters. The van der Waals surface area contributed by atoms with Gasteiger partial charge >= 0.3 is 0 Å². The summed E-state index contributed by atoms with van der Waals surface area (Å²) in [5, 5.41) is 13.7. The highest BCUT2D eigenvalue weighted by Crippen LogP contribution is 2.27. The first kappa shape index (κ1) is 22.7. The molecule has 3 rings (SSSR count). The largest absolute Gasteiger partial charge is 0.493 e. The number of amides is 1. The van der Waals surface area contributed by atoms with E-state index in [1.807, 2.05) is 18.2 Å². The number of hydrogen-bond donors (Lipinski definition) is 1. The van der Waals surface area contributed by atoms with Crippen LogP contribution in [0.1, 0.15) is 27.4 Å². The zero-order valence-corrected chi connectivity index (χ0v) is 18.0. The predicted molar refractivity (Wildman–Crippen MR) is 116 cm³/mol. The van der Waals surface area contributed by atoms with E-state index in [1.165, 1.54) is 12.1 Å². The standard InChI is InChI=1S/C23H24N2O7/c1-15-12-17(5-7-19(15)25(27)28)31-14-18-6-9-21(32-18)23(26)24-11-10-16-4-8-20(29-2)22(13-16)30-3/h4-9,12-13H,10-11,14H2,1-3H3,(H,24,26). The molecule has 0 fully saturated rings. The van der Waals surface area contributed by atoms with Crippen LogP contribution in [0.25, 0.3) is 0 Å². The summed E-state index contributed by atoms with van der Waals surface area (Å²) in [5.41, 5.74) is 1.53. The first-order valence-electron chi connectivity index (χ1n) is 9.87. The average molecular weight is 440 g/mol. The van der Waals surface area contributed by atoms with E-state index in [-0.39, 0.29) is 24.0 Å². The van der Waals surface area contributed by atoms with Gasteiger partial charge in [0.1, 0.15) is 18.1 Å². The summed E-state index contributed by atoms with van der Waals surface area (Å²) in [5.74, 6) is 2.07. The molecule has 0 aliphatic rings. The molecule has 0 bridgehead atoms. The number of rotatable bonds is 10. The van der Waals surface area contributed by atoms with Gasteiger partial charge in [-0.15, -0.1) is 0 Å². The topological polar surface area (TPSA) is 113 Å². The fourth-order valence-corrected chi connectivity index (χ4v) is 3.10. The van der Waals surface area contributed by atoms with Crippen molar-refractivity contribution in [2.45, 2.75) is 20.0 Å². The molecule has 32 heavy (non-hydrogen) atoms. The third kappa shape index (κ3) is 5.57. The molecule has 9 nitrogen and oxygen atoms in total. The number of ether oxygens (including phenoxy) is 3. The monoisotopic (exact) mass is 440 g/mol. The number of nitro benzene ring substituents is 1. The Morgan fingerprint density at radius 3 is 2.53 bits per heavy atom. The van der Waals surface area contributed by atoms with Crippen LogP contribution in [0.15, 0.2) is 52.9 Å². The summed E-state index contributed by atoms with van der Waals surface area (Å²) in [6, 6.07) is 13.3. The molecule has 0 atom stereocenters. The van der Waals surface area contributed by atoms with Gasteiger partial charge in [-0.25, -0.2) is 0 Å². The quantitative estimate of drug-likeness (QED) is 0.373. The Bertz CT molecular complexity index is 1110. The molecule has 1 heterocycles. The van der Waals surface area contributed by atoms with Gasteiger partial charge in [-0.1, -0.05) is 6.07 Å². The van der Waals surface area contributed by atoms with Crippen LogP contribution in [0.5, 0.6) is 17.2 Å². The first-order chi connectivity index (χ1) is 15.4. The maximum absolute atomic E-state index is 12.3. The molecular formula is C23H24N2O7. The van der Waals surface area contributed by atoms with E-state index in [1.54, 1.807) is 39.3 Å². The molecule has 0 aliphatic heterocycles. The highest BCUT2D eigenvalue weighted by Gasteiger charge is 2.13. The molecule has 0 radical (unpaired) electrons. The van der Waals surface area contributed by atoms with Crippen molar-refractivity contribution in [2.75, 3.05) is 20.8 Å². The molecule has 1 N–H and O–H groups in total. The van der Waals surface area contributed by atoms with Crippen molar-refractivity contribution >= 4 is 11.6 Å². The van der Waals surface area contributed by atoms with Gasteiger partial charge in [-0.3, -0.25) is 14.9 Å². The maximum atomic E-state index is 12.3. The van der Waals surface area contributed by atoms with Crippen molar-refractivity contribution in [3.05, 3.63) is 81.3 Å². The molecule has 0 aliphatic carbocycles. The lowest BCUT2D eigenvalue weighted by Gasteiger charge is -2.10. The Kier molecular flexibility index (Phi) is 7.33. The van der Waals surface area contributed by atoms with E-state index in [4.69, 9.17) is 18.6 Å². The normalized spacial score (nSPS) is 10.5. The lowest BCUT2D eigenvalue weighted by atomic mass is 10.1. The van der Waals surface area contributed by atoms with Crippen LogP contribution in [-0.4, -0.2) is 31.6 Å². The summed E-state index contributed by atoms with van der Waals surface area (Å²) < 4.78 is 21.7. The fourth-order valence-electron chi connectivity index (χ4n) is 3.10. The second-order valence-corrected chi connectivity index (χ2v) is 6.96. The summed E-state index contributed by atoms with van der Waals surface area (Å²) in [6.07, 6.45) is 0.613. The van der Waals surface area contributed by atoms with Crippen molar-refractivity contribution in [1.29, 1.82) is 0 Å². The average Bonchev–Trinajstić information content (AvgIpc) is 3.26. The van der Waals surface area contributed by atoms with Crippen molar-refractivity contribution in [3.63, 3.8) is 0 Å². The number of benzene rings is 2. The molecule has 1 aromatic heterocycles. The van der Waals surface area contributed by atoms with E-state index in [0.717, 1.165) is 5.56 Å². The molecule has 168 valence electrons. The number of methoxy groups -OCH3 is 2. The van der Waals surface area contributed by atoms with Crippen molar-refractivity contribution in [1.82, 2.24) is 5.32 Å². The maximum Gasteiger partial charge on any atom is 0.287 e. The van der Waals surface area contributed by atoms with Gasteiger partial charge in [0.25, 0.3) is 11.6 Å². The molecule has 9 heteroatoms. The minimum absolute atomic E-state index is 0.0300. The number of carbonyl (C=O) groups is 1. The van der Waals surface area contributed by atoms with E-state index < -0.39 is 4.92 Å². The molecule has 0 saturated carbocycles. The van der Waals surface area contributed by atoms with Gasteiger partial charge in [-0.05, 0) is 55.3 Å². The second-order valence-electron chi connectivity index (χ2n) is 6.96. The second kappa shape index (κ2) is 10.3. The van der Waals surface area contributed by atoms with Gasteiger partial charge in [0, 0.05) is 18.2 Å². The Balaban J connectivity index is 1.50. The highest BCUT2D eigenvalue weighted by molar-refractivity contribution is 5.91. The number of furan rings is 1. The number of aryl methyl sites for hydroxylation is 1. The number of nitrogens with one attached hydrogen (secondary N) is 1. The highest BCUT2D eigenvalue weighted by atomic mass is 16.6. The van der Waals surface area contributed by atoms with Gasteiger partial charge in [0.2, 0.25) is 0 Å². The van der Waals surface area contributed by atoms with E-state index in [9.17, 15) is 14.9 Å². The summed E-state index contributed by atoms with van der Waals surface area (Å²) in [6.45, 7) is 2.15. The molecule has 2 aromatic carbocycles. The first-order valence-corrected chi connectivity index (χ1v) is 9.87. The number of carbonyl (C=O) groups excluding carboxylic acids is 1. The molecule has 0 spiro atoms. The van der Waals surface area contributed by atoms with Crippen LogP contribution in [0.3, 0.4) is 0 Å². The predicted octanol–water partition coefficient (Wildman–Crippen LogP) is 4.06. The molecular weight excluding hydrogens is 416 g/mol. The Labute approximate surface area is 185 Å². The van der Waals surface area contributed by atoms with Gasteiger partial charge < -0.3 is 23.9 Å². The lowest BCUT2D eigenvalue weighted by molar-refractivity contribution is -0.385. The van der Waals surface area contributed by atoms with Crippen LogP contribution in [0, 0.1) is 17.0 Å².